The molecule has 104 valence electrons. The van der Waals surface area contributed by atoms with Crippen molar-refractivity contribution in [3.63, 3.8) is 0 Å². The van der Waals surface area contributed by atoms with Crippen molar-refractivity contribution >= 4 is 17.6 Å². The molecular formula is C13H14ClF2NO2. The quantitative estimate of drug-likeness (QED) is 0.614. The van der Waals surface area contributed by atoms with E-state index >= 15 is 0 Å². The number of aromatic nitrogens is 1. The number of ether oxygens (including phenoxy) is 1. The Balaban J connectivity index is 2.19. The highest BCUT2D eigenvalue weighted by Gasteiger charge is 2.25. The van der Waals surface area contributed by atoms with Gasteiger partial charge in [-0.15, -0.1) is 0 Å². The third-order valence-electron chi connectivity index (χ3n) is 3.28. The van der Waals surface area contributed by atoms with Gasteiger partial charge in [-0.3, -0.25) is 0 Å². The van der Waals surface area contributed by atoms with Crippen LogP contribution in [0.4, 0.5) is 8.78 Å². The summed E-state index contributed by atoms with van der Waals surface area (Å²) in [6, 6.07) is 0. The van der Waals surface area contributed by atoms with Crippen molar-refractivity contribution < 1.29 is 18.3 Å². The summed E-state index contributed by atoms with van der Waals surface area (Å²) >= 11 is 5.81. The first-order chi connectivity index (χ1) is 9.00. The van der Waals surface area contributed by atoms with Crippen molar-refractivity contribution in [2.45, 2.75) is 45.1 Å². The predicted molar refractivity (Wildman–Crippen MR) is 66.2 cm³/mol. The molecule has 6 heteroatoms. The van der Waals surface area contributed by atoms with Gasteiger partial charge >= 0.3 is 5.97 Å². The molecule has 1 aliphatic carbocycles. The van der Waals surface area contributed by atoms with Crippen LogP contribution >= 0.6 is 11.6 Å². The zero-order chi connectivity index (χ0) is 14.0. The van der Waals surface area contributed by atoms with Crippen LogP contribution in [0, 0.1) is 18.7 Å². The van der Waals surface area contributed by atoms with E-state index in [4.69, 9.17) is 16.3 Å². The number of esters is 1. The topological polar surface area (TPSA) is 39.2 Å². The number of carbonyl (C=O) groups is 1. The highest BCUT2D eigenvalue weighted by Crippen LogP contribution is 2.26. The van der Waals surface area contributed by atoms with Crippen molar-refractivity contribution in [2.24, 2.45) is 0 Å². The van der Waals surface area contributed by atoms with Gasteiger partial charge in [-0.1, -0.05) is 18.0 Å². The zero-order valence-electron chi connectivity index (χ0n) is 10.5. The Bertz CT molecular complexity index is 502. The van der Waals surface area contributed by atoms with Gasteiger partial charge in [0.1, 0.15) is 6.10 Å². The molecule has 0 aromatic carbocycles. The first-order valence-corrected chi connectivity index (χ1v) is 6.60. The number of halogens is 3. The maximum atomic E-state index is 13.2. The van der Waals surface area contributed by atoms with Crippen LogP contribution in [-0.4, -0.2) is 17.1 Å². The molecule has 0 bridgehead atoms. The highest BCUT2D eigenvalue weighted by molar-refractivity contribution is 6.34. The van der Waals surface area contributed by atoms with Crippen molar-refractivity contribution in [3.05, 3.63) is 28.0 Å². The number of pyridine rings is 1. The highest BCUT2D eigenvalue weighted by atomic mass is 35.5. The van der Waals surface area contributed by atoms with Crippen molar-refractivity contribution in [3.8, 4) is 0 Å². The van der Waals surface area contributed by atoms with E-state index in [2.05, 4.69) is 4.98 Å². The summed E-state index contributed by atoms with van der Waals surface area (Å²) in [5.41, 5.74) is -0.492. The van der Waals surface area contributed by atoms with Crippen LogP contribution in [0.1, 0.15) is 48.2 Å². The fourth-order valence-corrected chi connectivity index (χ4v) is 2.35. The van der Waals surface area contributed by atoms with Gasteiger partial charge in [-0.25, -0.2) is 14.2 Å². The monoisotopic (exact) mass is 289 g/mol. The summed E-state index contributed by atoms with van der Waals surface area (Å²) in [5, 5.41) is -0.195. The summed E-state index contributed by atoms with van der Waals surface area (Å²) in [6.45, 7) is 1.29. The van der Waals surface area contributed by atoms with Crippen LogP contribution in [0.25, 0.3) is 0 Å². The van der Waals surface area contributed by atoms with Crippen LogP contribution in [-0.2, 0) is 4.74 Å². The second kappa shape index (κ2) is 5.82. The van der Waals surface area contributed by atoms with E-state index in [0.717, 1.165) is 32.1 Å². The molecule has 1 fully saturated rings. The molecular weight excluding hydrogens is 276 g/mol. The maximum Gasteiger partial charge on any atom is 0.358 e. The van der Waals surface area contributed by atoms with Crippen molar-refractivity contribution in [1.82, 2.24) is 4.98 Å². The normalized spacial score (nSPS) is 16.4. The Hall–Kier alpha value is -1.23. The third-order valence-corrected chi connectivity index (χ3v) is 3.74. The lowest BCUT2D eigenvalue weighted by Crippen LogP contribution is -2.22. The number of nitrogens with zero attached hydrogens (tertiary/aromatic N) is 1. The molecule has 0 unspecified atom stereocenters. The van der Waals surface area contributed by atoms with E-state index in [1.54, 1.807) is 0 Å². The minimum Gasteiger partial charge on any atom is -0.458 e. The standard InChI is InChI=1S/C13H14ClF2NO2/c1-7-9(14)11(17-12(16)10(7)15)13(18)19-8-5-3-2-4-6-8/h8H,2-6H2,1H3. The fraction of sp³-hybridized carbons (Fsp3) is 0.538. The van der Waals surface area contributed by atoms with Crippen LogP contribution in [0.2, 0.25) is 5.02 Å². The van der Waals surface area contributed by atoms with Gasteiger partial charge < -0.3 is 4.74 Å². The first kappa shape index (κ1) is 14.2. The molecule has 0 radical (unpaired) electrons. The molecule has 0 aliphatic heterocycles. The molecule has 0 saturated heterocycles. The summed E-state index contributed by atoms with van der Waals surface area (Å²) in [4.78, 5) is 15.1. The van der Waals surface area contributed by atoms with E-state index in [0.29, 0.717) is 0 Å². The van der Waals surface area contributed by atoms with E-state index in [1.165, 1.54) is 6.92 Å². The van der Waals surface area contributed by atoms with Crippen LogP contribution in [0.3, 0.4) is 0 Å². The van der Waals surface area contributed by atoms with E-state index in [-0.39, 0.29) is 22.4 Å². The molecule has 1 heterocycles. The van der Waals surface area contributed by atoms with Gasteiger partial charge in [0.05, 0.1) is 5.02 Å². The molecule has 0 amide bonds. The Morgan fingerprint density at radius 3 is 2.58 bits per heavy atom. The summed E-state index contributed by atoms with van der Waals surface area (Å²) in [6.07, 6.45) is 4.49. The largest absolute Gasteiger partial charge is 0.458 e. The lowest BCUT2D eigenvalue weighted by atomic mass is 9.98. The Morgan fingerprint density at radius 1 is 1.32 bits per heavy atom. The van der Waals surface area contributed by atoms with Crippen LogP contribution < -0.4 is 0 Å². The number of carbonyl (C=O) groups excluding carboxylic acids is 1. The second-order valence-electron chi connectivity index (χ2n) is 4.67. The molecule has 0 atom stereocenters. The van der Waals surface area contributed by atoms with Crippen LogP contribution in [0.15, 0.2) is 0 Å². The lowest BCUT2D eigenvalue weighted by Gasteiger charge is -2.21. The molecule has 0 N–H and O–H groups in total. The van der Waals surface area contributed by atoms with Gasteiger partial charge in [-0.05, 0) is 32.6 Å². The molecule has 2 rings (SSSR count). The van der Waals surface area contributed by atoms with Gasteiger partial charge in [0.2, 0.25) is 5.95 Å². The molecule has 1 aromatic rings. The second-order valence-corrected chi connectivity index (χ2v) is 5.05. The molecule has 1 aliphatic rings. The Labute approximate surface area is 114 Å². The number of hydrogen-bond donors (Lipinski definition) is 0. The summed E-state index contributed by atoms with van der Waals surface area (Å²) in [7, 11) is 0. The average Bonchev–Trinajstić information content (AvgIpc) is 2.41. The molecule has 1 aromatic heterocycles. The van der Waals surface area contributed by atoms with Crippen LogP contribution in [0.5, 0.6) is 0 Å². The summed E-state index contributed by atoms with van der Waals surface area (Å²) in [5.74, 6) is -3.27. The average molecular weight is 290 g/mol. The SMILES string of the molecule is Cc1c(F)c(F)nc(C(=O)OC2CCCCC2)c1Cl. The molecule has 3 nitrogen and oxygen atoms in total. The van der Waals surface area contributed by atoms with Gasteiger partial charge in [0, 0.05) is 5.56 Å². The number of rotatable bonds is 2. The first-order valence-electron chi connectivity index (χ1n) is 6.22. The Morgan fingerprint density at radius 2 is 1.95 bits per heavy atom. The minimum absolute atomic E-state index is 0.134. The van der Waals surface area contributed by atoms with E-state index in [1.807, 2.05) is 0 Å². The molecule has 1 saturated carbocycles. The Kier molecular flexibility index (Phi) is 4.34. The predicted octanol–water partition coefficient (Wildman–Crippen LogP) is 3.81. The van der Waals surface area contributed by atoms with Gasteiger partial charge in [0.15, 0.2) is 11.5 Å². The fourth-order valence-electron chi connectivity index (χ4n) is 2.15. The smallest absolute Gasteiger partial charge is 0.358 e. The summed E-state index contributed by atoms with van der Waals surface area (Å²) < 4.78 is 31.7. The lowest BCUT2D eigenvalue weighted by molar-refractivity contribution is 0.0203. The minimum atomic E-state index is -1.34. The van der Waals surface area contributed by atoms with E-state index < -0.39 is 17.7 Å². The van der Waals surface area contributed by atoms with Gasteiger partial charge in [0.25, 0.3) is 0 Å². The van der Waals surface area contributed by atoms with Crippen molar-refractivity contribution in [2.75, 3.05) is 0 Å². The van der Waals surface area contributed by atoms with Crippen molar-refractivity contribution in [1.29, 1.82) is 0 Å². The van der Waals surface area contributed by atoms with E-state index in [9.17, 15) is 13.6 Å². The molecule has 19 heavy (non-hydrogen) atoms. The maximum absolute atomic E-state index is 13.2. The van der Waals surface area contributed by atoms with Gasteiger partial charge in [-0.2, -0.15) is 4.39 Å². The zero-order valence-corrected chi connectivity index (χ0v) is 11.3. The molecule has 0 spiro atoms. The number of hydrogen-bond acceptors (Lipinski definition) is 3. The third kappa shape index (κ3) is 3.03.